The second kappa shape index (κ2) is 5.75. The average Bonchev–Trinajstić information content (AvgIpc) is 1.85. The predicted molar refractivity (Wildman–Crippen MR) is 40.6 cm³/mol. The van der Waals surface area contributed by atoms with Crippen LogP contribution in [0.15, 0.2) is 0 Å². The van der Waals surface area contributed by atoms with Gasteiger partial charge in [-0.25, -0.2) is 0 Å². The van der Waals surface area contributed by atoms with Gasteiger partial charge in [-0.3, -0.25) is 0 Å². The van der Waals surface area contributed by atoms with Crippen LogP contribution >= 0.6 is 0 Å². The monoisotopic (exact) mass is 208 g/mol. The number of carboxylic acid groups (broad SMARTS) is 1. The second-order valence-corrected chi connectivity index (χ2v) is 7.64. The Morgan fingerprint density at radius 2 is 2.10 bits per heavy atom. The summed E-state index contributed by atoms with van der Waals surface area (Å²) in [6.45, 7) is 0.218. The van der Waals surface area contributed by atoms with Crippen molar-refractivity contribution in [2.75, 3.05) is 6.61 Å². The van der Waals surface area contributed by atoms with E-state index in [9.17, 15) is 4.79 Å². The predicted octanol–water partition coefficient (Wildman–Crippen LogP) is 0.578. The molecule has 0 fully saturated rings. The van der Waals surface area contributed by atoms with Crippen LogP contribution in [0.2, 0.25) is 16.1 Å². The van der Waals surface area contributed by atoms with Crippen LogP contribution in [0.25, 0.3) is 0 Å². The van der Waals surface area contributed by atoms with Crippen LogP contribution in [-0.2, 0) is 4.79 Å². The zero-order valence-electron chi connectivity index (χ0n) is 6.08. The molecule has 0 aromatic carbocycles. The Morgan fingerprint density at radius 1 is 1.50 bits per heavy atom. The van der Waals surface area contributed by atoms with Crippen molar-refractivity contribution in [3.8, 4) is 0 Å². The SMILES string of the molecule is C[As](CCO)CCC(=O)O. The molecule has 0 saturated heterocycles. The van der Waals surface area contributed by atoms with Crippen LogP contribution in [0.3, 0.4) is 0 Å². The van der Waals surface area contributed by atoms with Gasteiger partial charge < -0.3 is 0 Å². The van der Waals surface area contributed by atoms with E-state index >= 15 is 0 Å². The molecule has 1 unspecified atom stereocenters. The first-order chi connectivity index (χ1) is 4.66. The van der Waals surface area contributed by atoms with Gasteiger partial charge in [0, 0.05) is 0 Å². The summed E-state index contributed by atoms with van der Waals surface area (Å²) < 4.78 is 0. The molecule has 0 rings (SSSR count). The van der Waals surface area contributed by atoms with E-state index in [0.717, 1.165) is 10.4 Å². The van der Waals surface area contributed by atoms with Crippen molar-refractivity contribution in [3.05, 3.63) is 0 Å². The first-order valence-corrected chi connectivity index (χ1v) is 7.71. The summed E-state index contributed by atoms with van der Waals surface area (Å²) in [5, 5.41) is 18.4. The number of hydrogen-bond acceptors (Lipinski definition) is 2. The molecule has 2 N–H and O–H groups in total. The molecule has 4 heteroatoms. The fraction of sp³-hybridized carbons (Fsp3) is 0.833. The quantitative estimate of drug-likeness (QED) is 0.649. The number of hydrogen-bond donors (Lipinski definition) is 2. The fourth-order valence-corrected chi connectivity index (χ4v) is 2.96. The standard InChI is InChI=1S/C6H13AsO3/c1-7(4-5-8)3-2-6(9)10/h8H,2-5H2,1H3,(H,9,10). The van der Waals surface area contributed by atoms with Gasteiger partial charge in [0.1, 0.15) is 0 Å². The van der Waals surface area contributed by atoms with Gasteiger partial charge in [0.15, 0.2) is 0 Å². The molecule has 0 amide bonds. The number of carboxylic acids is 1. The summed E-state index contributed by atoms with van der Waals surface area (Å²) in [5.41, 5.74) is 2.09. The molecule has 0 heterocycles. The van der Waals surface area contributed by atoms with Gasteiger partial charge in [0.2, 0.25) is 0 Å². The van der Waals surface area contributed by atoms with Crippen molar-refractivity contribution in [2.24, 2.45) is 0 Å². The van der Waals surface area contributed by atoms with E-state index in [1.807, 2.05) is 0 Å². The van der Waals surface area contributed by atoms with E-state index in [4.69, 9.17) is 10.2 Å². The summed E-state index contributed by atoms with van der Waals surface area (Å²) in [5.74, 6) is -0.723. The summed E-state index contributed by atoms with van der Waals surface area (Å²) >= 11 is -0.950. The molecule has 1 atom stereocenters. The maximum atomic E-state index is 10.1. The molecule has 0 spiro atoms. The normalized spacial score (nSPS) is 13.0. The summed E-state index contributed by atoms with van der Waals surface area (Å²) in [7, 11) is 0. The molecule has 0 aliphatic carbocycles. The van der Waals surface area contributed by atoms with E-state index in [2.05, 4.69) is 5.71 Å². The Bertz CT molecular complexity index is 105. The van der Waals surface area contributed by atoms with Gasteiger partial charge >= 0.3 is 64.8 Å². The van der Waals surface area contributed by atoms with Crippen LogP contribution in [-0.4, -0.2) is 37.4 Å². The molecule has 10 heavy (non-hydrogen) atoms. The minimum atomic E-state index is -0.950. The van der Waals surface area contributed by atoms with Crippen molar-refractivity contribution in [3.63, 3.8) is 0 Å². The average molecular weight is 208 g/mol. The number of carbonyl (C=O) groups is 1. The molecule has 0 saturated carbocycles. The Labute approximate surface area is 65.3 Å². The molecule has 0 bridgehead atoms. The number of aliphatic hydroxyl groups is 1. The van der Waals surface area contributed by atoms with Crippen LogP contribution < -0.4 is 0 Å². The van der Waals surface area contributed by atoms with E-state index in [1.54, 1.807) is 0 Å². The molecule has 0 aliphatic heterocycles. The van der Waals surface area contributed by atoms with Crippen LogP contribution in [0.5, 0.6) is 0 Å². The van der Waals surface area contributed by atoms with Gasteiger partial charge in [0.25, 0.3) is 0 Å². The molecular weight excluding hydrogens is 195 g/mol. The van der Waals surface area contributed by atoms with E-state index in [0.29, 0.717) is 0 Å². The van der Waals surface area contributed by atoms with E-state index < -0.39 is 20.6 Å². The molecule has 60 valence electrons. The van der Waals surface area contributed by atoms with Gasteiger partial charge in [-0.15, -0.1) is 0 Å². The maximum absolute atomic E-state index is 10.1. The minimum absolute atomic E-state index is 0.218. The first kappa shape index (κ1) is 9.99. The summed E-state index contributed by atoms with van der Waals surface area (Å²) in [6, 6.07) is 0. The van der Waals surface area contributed by atoms with Crippen LogP contribution in [0.1, 0.15) is 6.42 Å². The Balaban J connectivity index is 3.21. The third-order valence-corrected chi connectivity index (χ3v) is 5.28. The number of aliphatic carboxylic acids is 1. The first-order valence-electron chi connectivity index (χ1n) is 3.18. The number of aliphatic hydroxyl groups excluding tert-OH is 1. The van der Waals surface area contributed by atoms with Crippen molar-refractivity contribution < 1.29 is 15.0 Å². The fourth-order valence-electron chi connectivity index (χ4n) is 0.569. The van der Waals surface area contributed by atoms with E-state index in [1.165, 1.54) is 0 Å². The molecule has 0 aromatic heterocycles. The van der Waals surface area contributed by atoms with Crippen molar-refractivity contribution in [2.45, 2.75) is 22.5 Å². The van der Waals surface area contributed by atoms with Crippen molar-refractivity contribution in [1.29, 1.82) is 0 Å². The Morgan fingerprint density at radius 3 is 2.50 bits per heavy atom. The van der Waals surface area contributed by atoms with E-state index in [-0.39, 0.29) is 13.0 Å². The Kier molecular flexibility index (Phi) is 5.74. The topological polar surface area (TPSA) is 57.5 Å². The molecular formula is C6H13AsO3. The van der Waals surface area contributed by atoms with Gasteiger partial charge in [-0.1, -0.05) is 0 Å². The second-order valence-electron chi connectivity index (χ2n) is 2.17. The molecule has 0 aliphatic rings. The third-order valence-electron chi connectivity index (χ3n) is 1.19. The zero-order chi connectivity index (χ0) is 7.98. The van der Waals surface area contributed by atoms with Gasteiger partial charge in [-0.2, -0.15) is 0 Å². The molecule has 0 radical (unpaired) electrons. The van der Waals surface area contributed by atoms with Gasteiger partial charge in [0.05, 0.1) is 0 Å². The molecule has 0 aromatic rings. The van der Waals surface area contributed by atoms with Crippen LogP contribution in [0, 0.1) is 0 Å². The number of rotatable bonds is 5. The Hall–Kier alpha value is -0.0116. The zero-order valence-corrected chi connectivity index (χ0v) is 7.95. The summed E-state index contributed by atoms with van der Waals surface area (Å²) in [4.78, 5) is 10.1. The van der Waals surface area contributed by atoms with Gasteiger partial charge in [-0.05, 0) is 0 Å². The van der Waals surface area contributed by atoms with Crippen molar-refractivity contribution in [1.82, 2.24) is 0 Å². The van der Waals surface area contributed by atoms with Crippen LogP contribution in [0.4, 0.5) is 0 Å². The molecule has 3 nitrogen and oxygen atoms in total. The van der Waals surface area contributed by atoms with Crippen molar-refractivity contribution >= 4 is 20.6 Å². The third kappa shape index (κ3) is 6.11. The summed E-state index contributed by atoms with van der Waals surface area (Å²) in [6.07, 6.45) is 0.274.